The molecule has 5 heteroatoms. The quantitative estimate of drug-likeness (QED) is 0.807. The Bertz CT molecular complexity index is 468. The summed E-state index contributed by atoms with van der Waals surface area (Å²) in [4.78, 5) is 9.49. The number of rotatable bonds is 5. The minimum absolute atomic E-state index is 0.430. The van der Waals surface area contributed by atoms with Crippen LogP contribution in [0.1, 0.15) is 11.3 Å². The van der Waals surface area contributed by atoms with Crippen LogP contribution in [0, 0.1) is 0 Å². The molecule has 3 N–H and O–H groups in total. The molecule has 94 valence electrons. The smallest absolute Gasteiger partial charge is 0.129 e. The number of nitrogens with zero attached hydrogens (tertiary/aromatic N) is 2. The van der Waals surface area contributed by atoms with Crippen LogP contribution in [-0.2, 0) is 13.1 Å². The Hall–Kier alpha value is -1.59. The van der Waals surface area contributed by atoms with E-state index in [-0.39, 0.29) is 0 Å². The van der Waals surface area contributed by atoms with Crippen molar-refractivity contribution in [2.24, 2.45) is 5.73 Å². The molecule has 1 heterocycles. The van der Waals surface area contributed by atoms with Crippen LogP contribution >= 0.6 is 11.8 Å². The molecule has 2 rings (SSSR count). The van der Waals surface area contributed by atoms with Gasteiger partial charge < -0.3 is 11.1 Å². The highest BCUT2D eigenvalue weighted by Crippen LogP contribution is 2.16. The summed E-state index contributed by atoms with van der Waals surface area (Å²) in [6.07, 6.45) is 3.60. The number of benzene rings is 1. The van der Waals surface area contributed by atoms with E-state index in [0.29, 0.717) is 6.54 Å². The fourth-order valence-corrected chi connectivity index (χ4v) is 2.06. The normalized spacial score (nSPS) is 10.3. The summed E-state index contributed by atoms with van der Waals surface area (Å²) in [5.74, 6) is 0.806. The molecule has 2 aromatic rings. The number of hydrogen-bond acceptors (Lipinski definition) is 5. The van der Waals surface area contributed by atoms with E-state index in [2.05, 4.69) is 45.8 Å². The van der Waals surface area contributed by atoms with Crippen LogP contribution < -0.4 is 11.1 Å². The summed E-state index contributed by atoms with van der Waals surface area (Å²) in [5, 5.41) is 3.27. The Morgan fingerprint density at radius 3 is 2.94 bits per heavy atom. The van der Waals surface area contributed by atoms with Gasteiger partial charge in [-0.3, -0.25) is 0 Å². The summed E-state index contributed by atoms with van der Waals surface area (Å²) < 4.78 is 0. The first-order chi connectivity index (χ1) is 8.81. The molecule has 0 spiro atoms. The maximum atomic E-state index is 5.54. The molecule has 0 bridgehead atoms. The third-order valence-electron chi connectivity index (χ3n) is 2.54. The predicted octanol–water partition coefficient (Wildman–Crippen LogP) is 2.27. The molecule has 0 radical (unpaired) electrons. The number of nitrogens with two attached hydrogens (primary N) is 1. The Morgan fingerprint density at radius 1 is 1.28 bits per heavy atom. The lowest BCUT2D eigenvalue weighted by molar-refractivity contribution is 0.957. The van der Waals surface area contributed by atoms with E-state index in [4.69, 9.17) is 5.73 Å². The molecule has 0 saturated carbocycles. The van der Waals surface area contributed by atoms with Gasteiger partial charge in [-0.15, -0.1) is 11.8 Å². The zero-order chi connectivity index (χ0) is 12.8. The molecule has 0 fully saturated rings. The predicted molar refractivity (Wildman–Crippen MR) is 75.5 cm³/mol. The molecular formula is C13H16N4S. The molecular weight excluding hydrogens is 244 g/mol. The van der Waals surface area contributed by atoms with E-state index in [0.717, 1.165) is 18.1 Å². The Kier molecular flexibility index (Phi) is 4.55. The second-order valence-corrected chi connectivity index (χ2v) is 4.68. The molecule has 0 unspecified atom stereocenters. The SMILES string of the molecule is CSc1cccc(CNc2cc(CN)ncn2)c1. The van der Waals surface area contributed by atoms with Crippen LogP contribution in [0.25, 0.3) is 0 Å². The fourth-order valence-electron chi connectivity index (χ4n) is 1.58. The molecule has 18 heavy (non-hydrogen) atoms. The second-order valence-electron chi connectivity index (χ2n) is 3.80. The molecule has 1 aromatic carbocycles. The van der Waals surface area contributed by atoms with Gasteiger partial charge in [0.15, 0.2) is 0 Å². The number of thioether (sulfide) groups is 1. The first-order valence-corrected chi connectivity index (χ1v) is 6.92. The molecule has 0 atom stereocenters. The van der Waals surface area contributed by atoms with Gasteiger partial charge in [0.05, 0.1) is 5.69 Å². The average Bonchev–Trinajstić information content (AvgIpc) is 2.45. The first-order valence-electron chi connectivity index (χ1n) is 5.69. The molecule has 0 aliphatic rings. The maximum Gasteiger partial charge on any atom is 0.129 e. The summed E-state index contributed by atoms with van der Waals surface area (Å²) in [7, 11) is 0. The second kappa shape index (κ2) is 6.37. The van der Waals surface area contributed by atoms with Crippen molar-refractivity contribution >= 4 is 17.6 Å². The van der Waals surface area contributed by atoms with Crippen molar-refractivity contribution in [1.82, 2.24) is 9.97 Å². The van der Waals surface area contributed by atoms with Crippen molar-refractivity contribution in [2.45, 2.75) is 18.0 Å². The Labute approximate surface area is 111 Å². The highest BCUT2D eigenvalue weighted by atomic mass is 32.2. The molecule has 0 aliphatic carbocycles. The molecule has 0 aliphatic heterocycles. The molecule has 1 aromatic heterocycles. The van der Waals surface area contributed by atoms with Crippen LogP contribution in [0.5, 0.6) is 0 Å². The molecule has 0 amide bonds. The van der Waals surface area contributed by atoms with Gasteiger partial charge in [0.2, 0.25) is 0 Å². The van der Waals surface area contributed by atoms with Crippen molar-refractivity contribution in [3.63, 3.8) is 0 Å². The van der Waals surface area contributed by atoms with Crippen molar-refractivity contribution < 1.29 is 0 Å². The number of hydrogen-bond donors (Lipinski definition) is 2. The average molecular weight is 260 g/mol. The highest BCUT2D eigenvalue weighted by molar-refractivity contribution is 7.98. The summed E-state index contributed by atoms with van der Waals surface area (Å²) in [5.41, 5.74) is 7.61. The third-order valence-corrected chi connectivity index (χ3v) is 3.27. The molecule has 4 nitrogen and oxygen atoms in total. The summed E-state index contributed by atoms with van der Waals surface area (Å²) >= 11 is 1.74. The minimum atomic E-state index is 0.430. The Balaban J connectivity index is 2.01. The van der Waals surface area contributed by atoms with Gasteiger partial charge in [0.1, 0.15) is 12.1 Å². The minimum Gasteiger partial charge on any atom is -0.366 e. The van der Waals surface area contributed by atoms with Gasteiger partial charge in [-0.1, -0.05) is 12.1 Å². The van der Waals surface area contributed by atoms with Crippen molar-refractivity contribution in [2.75, 3.05) is 11.6 Å². The van der Waals surface area contributed by atoms with E-state index in [1.807, 2.05) is 6.07 Å². The van der Waals surface area contributed by atoms with E-state index in [1.54, 1.807) is 11.8 Å². The van der Waals surface area contributed by atoms with E-state index >= 15 is 0 Å². The van der Waals surface area contributed by atoms with Crippen LogP contribution in [0.4, 0.5) is 5.82 Å². The van der Waals surface area contributed by atoms with Crippen LogP contribution in [-0.4, -0.2) is 16.2 Å². The number of aromatic nitrogens is 2. The van der Waals surface area contributed by atoms with Gasteiger partial charge in [0.25, 0.3) is 0 Å². The monoisotopic (exact) mass is 260 g/mol. The standard InChI is InChI=1S/C13H16N4S/c1-18-12-4-2-3-10(5-12)8-15-13-6-11(7-14)16-9-17-13/h2-6,9H,7-8,14H2,1H3,(H,15,16,17). The van der Waals surface area contributed by atoms with Crippen molar-refractivity contribution in [3.05, 3.63) is 47.9 Å². The van der Waals surface area contributed by atoms with Gasteiger partial charge in [-0.05, 0) is 24.0 Å². The highest BCUT2D eigenvalue weighted by Gasteiger charge is 1.98. The summed E-state index contributed by atoms with van der Waals surface area (Å²) in [6, 6.07) is 10.3. The first kappa shape index (κ1) is 12.9. The van der Waals surface area contributed by atoms with Crippen molar-refractivity contribution in [3.8, 4) is 0 Å². The van der Waals surface area contributed by atoms with Gasteiger partial charge in [0, 0.05) is 24.1 Å². The van der Waals surface area contributed by atoms with E-state index in [1.165, 1.54) is 16.8 Å². The Morgan fingerprint density at radius 2 is 2.17 bits per heavy atom. The lowest BCUT2D eigenvalue weighted by Crippen LogP contribution is -2.05. The van der Waals surface area contributed by atoms with Gasteiger partial charge >= 0.3 is 0 Å². The fraction of sp³-hybridized carbons (Fsp3) is 0.231. The van der Waals surface area contributed by atoms with E-state index < -0.39 is 0 Å². The summed E-state index contributed by atoms with van der Waals surface area (Å²) in [6.45, 7) is 1.18. The van der Waals surface area contributed by atoms with Crippen LogP contribution in [0.3, 0.4) is 0 Å². The topological polar surface area (TPSA) is 63.8 Å². The number of nitrogens with one attached hydrogen (secondary N) is 1. The zero-order valence-electron chi connectivity index (χ0n) is 10.3. The molecule has 0 saturated heterocycles. The lowest BCUT2D eigenvalue weighted by Gasteiger charge is -2.07. The van der Waals surface area contributed by atoms with Gasteiger partial charge in [-0.25, -0.2) is 9.97 Å². The van der Waals surface area contributed by atoms with E-state index in [9.17, 15) is 0 Å². The van der Waals surface area contributed by atoms with Crippen LogP contribution in [0.15, 0.2) is 41.6 Å². The maximum absolute atomic E-state index is 5.54. The van der Waals surface area contributed by atoms with Gasteiger partial charge in [-0.2, -0.15) is 0 Å². The van der Waals surface area contributed by atoms with Crippen molar-refractivity contribution in [1.29, 1.82) is 0 Å². The lowest BCUT2D eigenvalue weighted by atomic mass is 10.2. The van der Waals surface area contributed by atoms with Crippen LogP contribution in [0.2, 0.25) is 0 Å². The zero-order valence-corrected chi connectivity index (χ0v) is 11.1. The largest absolute Gasteiger partial charge is 0.366 e. The number of anilines is 1. The third kappa shape index (κ3) is 3.45.